The Morgan fingerprint density at radius 2 is 1.92 bits per heavy atom. The molecule has 0 aliphatic carbocycles. The van der Waals surface area contributed by atoms with Gasteiger partial charge in [0.1, 0.15) is 17.7 Å². The van der Waals surface area contributed by atoms with Crippen molar-refractivity contribution in [2.75, 3.05) is 5.32 Å². The predicted octanol–water partition coefficient (Wildman–Crippen LogP) is 4.29. The number of nitrogens with zero attached hydrogens (tertiary/aromatic N) is 2. The lowest BCUT2D eigenvalue weighted by Crippen LogP contribution is -2.34. The lowest BCUT2D eigenvalue weighted by atomic mass is 10.1. The second-order valence-corrected chi connectivity index (χ2v) is 6.30. The molecule has 25 heavy (non-hydrogen) atoms. The maximum atomic E-state index is 13.8. The number of benzene rings is 2. The summed E-state index contributed by atoms with van der Waals surface area (Å²) < 4.78 is 15.7. The third-order valence-corrected chi connectivity index (χ3v) is 4.19. The van der Waals surface area contributed by atoms with Crippen LogP contribution in [0.4, 0.5) is 10.1 Å². The molecular weight excluding hydrogens is 359 g/mol. The standard InChI is InChI=1S/C18H16ClFN4S/c1-24-11-10-21-17(24)16(12-6-8-13(19)9-7-12)23-18(25)22-15-5-3-2-4-14(15)20/h2-11,16H,1H3,(H2,22,23,25)/t16-/m0/s1. The quantitative estimate of drug-likeness (QED) is 0.668. The van der Waals surface area contributed by atoms with E-state index in [1.807, 2.05) is 42.1 Å². The van der Waals surface area contributed by atoms with Gasteiger partial charge in [0.25, 0.3) is 0 Å². The average molecular weight is 375 g/mol. The minimum absolute atomic E-state index is 0.299. The van der Waals surface area contributed by atoms with Gasteiger partial charge in [-0.3, -0.25) is 0 Å². The van der Waals surface area contributed by atoms with Crippen molar-refractivity contribution < 1.29 is 4.39 Å². The van der Waals surface area contributed by atoms with Crippen molar-refractivity contribution >= 4 is 34.6 Å². The molecule has 0 bridgehead atoms. The van der Waals surface area contributed by atoms with Gasteiger partial charge in [-0.2, -0.15) is 0 Å². The van der Waals surface area contributed by atoms with E-state index in [0.29, 0.717) is 15.8 Å². The highest BCUT2D eigenvalue weighted by atomic mass is 35.5. The Labute approximate surface area is 155 Å². The number of imidazole rings is 1. The van der Waals surface area contributed by atoms with Crippen LogP contribution in [0.15, 0.2) is 60.9 Å². The van der Waals surface area contributed by atoms with E-state index in [1.54, 1.807) is 24.4 Å². The topological polar surface area (TPSA) is 41.9 Å². The highest BCUT2D eigenvalue weighted by molar-refractivity contribution is 7.80. The summed E-state index contributed by atoms with van der Waals surface area (Å²) >= 11 is 11.3. The number of anilines is 1. The van der Waals surface area contributed by atoms with Crippen molar-refractivity contribution in [1.29, 1.82) is 0 Å². The van der Waals surface area contributed by atoms with Crippen LogP contribution in [0.1, 0.15) is 17.4 Å². The van der Waals surface area contributed by atoms with Gasteiger partial charge >= 0.3 is 0 Å². The molecule has 1 heterocycles. The van der Waals surface area contributed by atoms with E-state index in [4.69, 9.17) is 23.8 Å². The third kappa shape index (κ3) is 4.15. The molecule has 2 N–H and O–H groups in total. The summed E-state index contributed by atoms with van der Waals surface area (Å²) in [6.07, 6.45) is 3.57. The minimum Gasteiger partial charge on any atom is -0.348 e. The van der Waals surface area contributed by atoms with Crippen molar-refractivity contribution in [3.63, 3.8) is 0 Å². The van der Waals surface area contributed by atoms with E-state index in [2.05, 4.69) is 15.6 Å². The lowest BCUT2D eigenvalue weighted by Gasteiger charge is -2.21. The molecule has 0 aliphatic rings. The van der Waals surface area contributed by atoms with Gasteiger partial charge in [0.05, 0.1) is 5.69 Å². The molecule has 1 aromatic heterocycles. The van der Waals surface area contributed by atoms with Crippen LogP contribution in [0.5, 0.6) is 0 Å². The zero-order valence-corrected chi connectivity index (χ0v) is 15.0. The highest BCUT2D eigenvalue weighted by Crippen LogP contribution is 2.23. The monoisotopic (exact) mass is 374 g/mol. The first kappa shape index (κ1) is 17.4. The van der Waals surface area contributed by atoms with Crippen molar-refractivity contribution in [3.8, 4) is 0 Å². The van der Waals surface area contributed by atoms with Crippen LogP contribution >= 0.6 is 23.8 Å². The minimum atomic E-state index is -0.369. The van der Waals surface area contributed by atoms with E-state index < -0.39 is 0 Å². The molecule has 128 valence electrons. The van der Waals surface area contributed by atoms with Gasteiger partial charge in [0, 0.05) is 24.5 Å². The number of para-hydroxylation sites is 1. The fourth-order valence-corrected chi connectivity index (χ4v) is 2.81. The van der Waals surface area contributed by atoms with Crippen LogP contribution in [0.2, 0.25) is 5.02 Å². The summed E-state index contributed by atoms with van der Waals surface area (Å²) in [6.45, 7) is 0. The molecule has 0 unspecified atom stereocenters. The number of thiocarbonyl (C=S) groups is 1. The summed E-state index contributed by atoms with van der Waals surface area (Å²) in [7, 11) is 1.90. The Morgan fingerprint density at radius 3 is 2.56 bits per heavy atom. The van der Waals surface area contributed by atoms with Crippen molar-refractivity contribution in [3.05, 3.63) is 83.2 Å². The van der Waals surface area contributed by atoms with Crippen molar-refractivity contribution in [2.45, 2.75) is 6.04 Å². The molecule has 2 aromatic carbocycles. The zero-order valence-electron chi connectivity index (χ0n) is 13.4. The summed E-state index contributed by atoms with van der Waals surface area (Å²) in [4.78, 5) is 4.40. The van der Waals surface area contributed by atoms with Crippen LogP contribution in [-0.2, 0) is 7.05 Å². The molecule has 0 amide bonds. The van der Waals surface area contributed by atoms with Crippen LogP contribution in [0, 0.1) is 5.82 Å². The van der Waals surface area contributed by atoms with Crippen molar-refractivity contribution in [2.24, 2.45) is 7.05 Å². The van der Waals surface area contributed by atoms with E-state index in [0.717, 1.165) is 11.4 Å². The number of rotatable bonds is 4. The zero-order chi connectivity index (χ0) is 17.8. The molecule has 0 spiro atoms. The maximum absolute atomic E-state index is 13.8. The SMILES string of the molecule is Cn1ccnc1[C@@H](NC(=S)Nc1ccccc1F)c1ccc(Cl)cc1. The van der Waals surface area contributed by atoms with E-state index in [1.165, 1.54) is 6.07 Å². The van der Waals surface area contributed by atoms with E-state index in [9.17, 15) is 4.39 Å². The maximum Gasteiger partial charge on any atom is 0.171 e. The average Bonchev–Trinajstić information content (AvgIpc) is 3.01. The molecule has 4 nitrogen and oxygen atoms in total. The Morgan fingerprint density at radius 1 is 1.20 bits per heavy atom. The van der Waals surface area contributed by atoms with Gasteiger partial charge in [0.2, 0.25) is 0 Å². The Balaban J connectivity index is 1.85. The Bertz CT molecular complexity index is 879. The predicted molar refractivity (Wildman–Crippen MR) is 102 cm³/mol. The lowest BCUT2D eigenvalue weighted by molar-refractivity contribution is 0.631. The van der Waals surface area contributed by atoms with E-state index >= 15 is 0 Å². The molecule has 0 fully saturated rings. The van der Waals surface area contributed by atoms with Gasteiger partial charge in [0.15, 0.2) is 5.11 Å². The van der Waals surface area contributed by atoms with Crippen LogP contribution in [0.25, 0.3) is 0 Å². The first-order chi connectivity index (χ1) is 12.0. The first-order valence-corrected chi connectivity index (χ1v) is 8.38. The second-order valence-electron chi connectivity index (χ2n) is 5.46. The third-order valence-electron chi connectivity index (χ3n) is 3.72. The number of halogens is 2. The summed E-state index contributed by atoms with van der Waals surface area (Å²) in [5, 5.41) is 7.03. The van der Waals surface area contributed by atoms with Gasteiger partial charge in [-0.15, -0.1) is 0 Å². The van der Waals surface area contributed by atoms with Crippen molar-refractivity contribution in [1.82, 2.24) is 14.9 Å². The largest absolute Gasteiger partial charge is 0.348 e. The first-order valence-electron chi connectivity index (χ1n) is 7.59. The fourth-order valence-electron chi connectivity index (χ4n) is 2.46. The van der Waals surface area contributed by atoms with Crippen LogP contribution in [0.3, 0.4) is 0 Å². The molecule has 3 aromatic rings. The Kier molecular flexibility index (Phi) is 5.31. The summed E-state index contributed by atoms with van der Waals surface area (Å²) in [6, 6.07) is 13.5. The molecule has 7 heteroatoms. The molecule has 0 aliphatic heterocycles. The highest BCUT2D eigenvalue weighted by Gasteiger charge is 2.19. The van der Waals surface area contributed by atoms with Gasteiger partial charge in [-0.05, 0) is 42.0 Å². The number of hydrogen-bond donors (Lipinski definition) is 2. The fraction of sp³-hybridized carbons (Fsp3) is 0.111. The molecule has 0 saturated heterocycles. The van der Waals surface area contributed by atoms with E-state index in [-0.39, 0.29) is 11.9 Å². The summed E-state index contributed by atoms with van der Waals surface area (Å²) in [5.41, 5.74) is 1.26. The second kappa shape index (κ2) is 7.63. The van der Waals surface area contributed by atoms with Crippen LogP contribution in [-0.4, -0.2) is 14.7 Å². The number of aryl methyl sites for hydroxylation is 1. The molecule has 3 rings (SSSR count). The molecule has 0 radical (unpaired) electrons. The summed E-state index contributed by atoms with van der Waals surface area (Å²) in [5.74, 6) is 0.409. The van der Waals surface area contributed by atoms with Crippen LogP contribution < -0.4 is 10.6 Å². The van der Waals surface area contributed by atoms with Gasteiger partial charge in [-0.1, -0.05) is 35.9 Å². The molecular formula is C18H16ClFN4S. The number of hydrogen-bond acceptors (Lipinski definition) is 2. The molecule has 1 atom stereocenters. The Hall–Kier alpha value is -2.44. The number of aromatic nitrogens is 2. The van der Waals surface area contributed by atoms with Gasteiger partial charge < -0.3 is 15.2 Å². The normalized spacial score (nSPS) is 11.8. The smallest absolute Gasteiger partial charge is 0.171 e. The van der Waals surface area contributed by atoms with Gasteiger partial charge in [-0.25, -0.2) is 9.37 Å². The number of nitrogens with one attached hydrogen (secondary N) is 2. The molecule has 0 saturated carbocycles.